The van der Waals surface area contributed by atoms with Gasteiger partial charge in [-0.2, -0.15) is 0 Å². The van der Waals surface area contributed by atoms with Gasteiger partial charge in [0.15, 0.2) is 5.15 Å². The molecule has 6 nitrogen and oxygen atoms in total. The first-order chi connectivity index (χ1) is 11.7. The molecule has 1 saturated heterocycles. The quantitative estimate of drug-likeness (QED) is 0.912. The molecule has 0 bridgehead atoms. The molecule has 1 aliphatic carbocycles. The highest BCUT2D eigenvalue weighted by atomic mass is 35.5. The lowest BCUT2D eigenvalue weighted by atomic mass is 9.92. The summed E-state index contributed by atoms with van der Waals surface area (Å²) in [5.74, 6) is 2.63. The second-order valence-corrected chi connectivity index (χ2v) is 7.36. The van der Waals surface area contributed by atoms with Gasteiger partial charge in [0.1, 0.15) is 11.3 Å². The number of nitrogens with zero attached hydrogens (tertiary/aromatic N) is 4. The van der Waals surface area contributed by atoms with E-state index in [1.807, 2.05) is 4.52 Å². The van der Waals surface area contributed by atoms with Crippen molar-refractivity contribution >= 4 is 23.1 Å². The standard InChI is InChI=1S/C17H24ClN5O/c1-11(12-4-2-3-5-12)16-21-15(18)14-10-19-17(22-23(14)16)20-13-6-8-24-9-7-13/h10-13H,2-9H2,1H3,(H,20,22). The predicted molar refractivity (Wildman–Crippen MR) is 93.6 cm³/mol. The monoisotopic (exact) mass is 349 g/mol. The van der Waals surface area contributed by atoms with Gasteiger partial charge in [-0.05, 0) is 31.6 Å². The summed E-state index contributed by atoms with van der Waals surface area (Å²) in [7, 11) is 0. The molecule has 1 saturated carbocycles. The lowest BCUT2D eigenvalue weighted by Crippen LogP contribution is -2.29. The van der Waals surface area contributed by atoms with Crippen LogP contribution in [0.1, 0.15) is 57.2 Å². The van der Waals surface area contributed by atoms with Gasteiger partial charge in [0.2, 0.25) is 5.95 Å². The molecule has 7 heteroatoms. The molecular weight excluding hydrogens is 326 g/mol. The van der Waals surface area contributed by atoms with Crippen LogP contribution < -0.4 is 5.32 Å². The number of hydrogen-bond acceptors (Lipinski definition) is 5. The maximum absolute atomic E-state index is 6.32. The van der Waals surface area contributed by atoms with Crippen molar-refractivity contribution in [2.75, 3.05) is 18.5 Å². The molecule has 2 fully saturated rings. The molecule has 24 heavy (non-hydrogen) atoms. The summed E-state index contributed by atoms with van der Waals surface area (Å²) >= 11 is 6.32. The predicted octanol–water partition coefficient (Wildman–Crippen LogP) is 3.66. The summed E-state index contributed by atoms with van der Waals surface area (Å²) in [4.78, 5) is 9.02. The van der Waals surface area contributed by atoms with Crippen LogP contribution in [0.5, 0.6) is 0 Å². The maximum atomic E-state index is 6.32. The van der Waals surface area contributed by atoms with Crippen LogP contribution in [0.2, 0.25) is 5.15 Å². The minimum absolute atomic E-state index is 0.360. The van der Waals surface area contributed by atoms with E-state index in [1.54, 1.807) is 6.20 Å². The van der Waals surface area contributed by atoms with Gasteiger partial charge in [0, 0.05) is 25.2 Å². The number of fused-ring (bicyclic) bond motifs is 1. The zero-order valence-electron chi connectivity index (χ0n) is 14.0. The molecule has 0 amide bonds. The first-order valence-corrected chi connectivity index (χ1v) is 9.35. The fourth-order valence-corrected chi connectivity index (χ4v) is 4.14. The van der Waals surface area contributed by atoms with Crippen molar-refractivity contribution in [3.05, 3.63) is 17.2 Å². The molecule has 1 N–H and O–H groups in total. The van der Waals surface area contributed by atoms with Crippen LogP contribution in [0.25, 0.3) is 5.52 Å². The third-order valence-electron chi connectivity index (χ3n) is 5.44. The Labute approximate surface area is 147 Å². The van der Waals surface area contributed by atoms with Crippen LogP contribution in [0.3, 0.4) is 0 Å². The van der Waals surface area contributed by atoms with E-state index in [-0.39, 0.29) is 0 Å². The van der Waals surface area contributed by atoms with Crippen molar-refractivity contribution in [1.29, 1.82) is 0 Å². The first-order valence-electron chi connectivity index (χ1n) is 8.98. The Morgan fingerprint density at radius 1 is 1.25 bits per heavy atom. The van der Waals surface area contributed by atoms with Gasteiger partial charge in [0.05, 0.1) is 6.20 Å². The normalized spacial score (nSPS) is 21.4. The van der Waals surface area contributed by atoms with Crippen molar-refractivity contribution in [3.63, 3.8) is 0 Å². The maximum Gasteiger partial charge on any atom is 0.241 e. The van der Waals surface area contributed by atoms with Crippen molar-refractivity contribution in [2.24, 2.45) is 5.92 Å². The molecular formula is C17H24ClN5O. The van der Waals surface area contributed by atoms with Gasteiger partial charge in [-0.1, -0.05) is 31.4 Å². The first kappa shape index (κ1) is 16.1. The third kappa shape index (κ3) is 3.09. The number of ether oxygens (including phenoxy) is 1. The van der Waals surface area contributed by atoms with Gasteiger partial charge >= 0.3 is 0 Å². The zero-order valence-corrected chi connectivity index (χ0v) is 14.8. The second kappa shape index (κ2) is 6.84. The number of aromatic nitrogens is 4. The smallest absolute Gasteiger partial charge is 0.241 e. The number of anilines is 1. The van der Waals surface area contributed by atoms with Gasteiger partial charge in [-0.3, -0.25) is 0 Å². The average Bonchev–Trinajstić information content (AvgIpc) is 3.24. The SMILES string of the molecule is CC(c1nc(Cl)c2cnc(NC3CCOCC3)nn12)C1CCCC1. The van der Waals surface area contributed by atoms with E-state index in [4.69, 9.17) is 16.3 Å². The Kier molecular flexibility index (Phi) is 4.59. The summed E-state index contributed by atoms with van der Waals surface area (Å²) in [6.45, 7) is 3.83. The zero-order chi connectivity index (χ0) is 16.5. The Hall–Kier alpha value is -1.40. The third-order valence-corrected chi connectivity index (χ3v) is 5.72. The fraction of sp³-hybridized carbons (Fsp3) is 0.706. The van der Waals surface area contributed by atoms with Crippen molar-refractivity contribution in [1.82, 2.24) is 19.6 Å². The molecule has 3 heterocycles. The van der Waals surface area contributed by atoms with E-state index in [0.29, 0.717) is 29.0 Å². The molecule has 0 aromatic carbocycles. The van der Waals surface area contributed by atoms with Gasteiger partial charge in [0.25, 0.3) is 0 Å². The number of imidazole rings is 1. The largest absolute Gasteiger partial charge is 0.381 e. The van der Waals surface area contributed by atoms with Crippen LogP contribution in [0.4, 0.5) is 5.95 Å². The molecule has 130 valence electrons. The van der Waals surface area contributed by atoms with Crippen LogP contribution in [-0.2, 0) is 4.74 Å². The Morgan fingerprint density at radius 3 is 2.75 bits per heavy atom. The van der Waals surface area contributed by atoms with Gasteiger partial charge in [-0.15, -0.1) is 5.10 Å². The second-order valence-electron chi connectivity index (χ2n) is 7.00. The van der Waals surface area contributed by atoms with Crippen molar-refractivity contribution < 1.29 is 4.74 Å². The van der Waals surface area contributed by atoms with Gasteiger partial charge in [-0.25, -0.2) is 14.5 Å². The lowest BCUT2D eigenvalue weighted by molar-refractivity contribution is 0.0903. The van der Waals surface area contributed by atoms with E-state index >= 15 is 0 Å². The van der Waals surface area contributed by atoms with Crippen molar-refractivity contribution in [2.45, 2.75) is 57.4 Å². The summed E-state index contributed by atoms with van der Waals surface area (Å²) in [6, 6.07) is 0.367. The topological polar surface area (TPSA) is 64.3 Å². The molecule has 4 rings (SSSR count). The molecule has 1 unspecified atom stereocenters. The summed E-state index contributed by atoms with van der Waals surface area (Å²) in [5.41, 5.74) is 0.786. The Balaban J connectivity index is 1.62. The highest BCUT2D eigenvalue weighted by Crippen LogP contribution is 2.37. The van der Waals surface area contributed by atoms with Gasteiger partial charge < -0.3 is 10.1 Å². The number of halogens is 1. The minimum atomic E-state index is 0.360. The number of rotatable bonds is 4. The molecule has 1 atom stereocenters. The van der Waals surface area contributed by atoms with Crippen LogP contribution >= 0.6 is 11.6 Å². The molecule has 0 spiro atoms. The molecule has 2 aliphatic rings. The van der Waals surface area contributed by atoms with Crippen LogP contribution in [0, 0.1) is 5.92 Å². The Bertz CT molecular complexity index is 706. The average molecular weight is 350 g/mol. The highest BCUT2D eigenvalue weighted by Gasteiger charge is 2.27. The summed E-state index contributed by atoms with van der Waals surface area (Å²) in [5, 5.41) is 8.61. The minimum Gasteiger partial charge on any atom is -0.381 e. The molecule has 2 aromatic rings. The lowest BCUT2D eigenvalue weighted by Gasteiger charge is -2.23. The van der Waals surface area contributed by atoms with E-state index in [2.05, 4.69) is 27.3 Å². The number of hydrogen-bond donors (Lipinski definition) is 1. The van der Waals surface area contributed by atoms with Crippen molar-refractivity contribution in [3.8, 4) is 0 Å². The van der Waals surface area contributed by atoms with E-state index in [1.165, 1.54) is 25.7 Å². The van der Waals surface area contributed by atoms with Crippen LogP contribution in [-0.4, -0.2) is 38.8 Å². The molecule has 0 radical (unpaired) electrons. The molecule has 2 aromatic heterocycles. The number of nitrogens with one attached hydrogen (secondary N) is 1. The van der Waals surface area contributed by atoms with E-state index in [9.17, 15) is 0 Å². The molecule has 1 aliphatic heterocycles. The summed E-state index contributed by atoms with van der Waals surface area (Å²) < 4.78 is 7.29. The van der Waals surface area contributed by atoms with E-state index < -0.39 is 0 Å². The summed E-state index contributed by atoms with van der Waals surface area (Å²) in [6.07, 6.45) is 8.91. The Morgan fingerprint density at radius 2 is 2.00 bits per heavy atom. The van der Waals surface area contributed by atoms with E-state index in [0.717, 1.165) is 37.4 Å². The fourth-order valence-electron chi connectivity index (χ4n) is 3.93. The highest BCUT2D eigenvalue weighted by molar-refractivity contribution is 6.32. The van der Waals surface area contributed by atoms with Crippen LogP contribution in [0.15, 0.2) is 6.20 Å².